The van der Waals surface area contributed by atoms with E-state index in [9.17, 15) is 4.39 Å². The highest BCUT2D eigenvalue weighted by Crippen LogP contribution is 2.24. The number of benzene rings is 1. The molecule has 2 fully saturated rings. The summed E-state index contributed by atoms with van der Waals surface area (Å²) in [6, 6.07) is 7.45. The molecule has 0 atom stereocenters. The lowest BCUT2D eigenvalue weighted by Crippen LogP contribution is -2.50. The molecule has 1 aromatic carbocycles. The second-order valence-corrected chi connectivity index (χ2v) is 6.09. The lowest BCUT2D eigenvalue weighted by atomic mass is 10.2. The van der Waals surface area contributed by atoms with Gasteiger partial charge in [0.25, 0.3) is 0 Å². The van der Waals surface area contributed by atoms with Crippen molar-refractivity contribution in [2.75, 3.05) is 39.3 Å². The Bertz CT molecular complexity index is 440. The monoisotopic (exact) mass is 292 g/mol. The fourth-order valence-electron chi connectivity index (χ4n) is 3.47. The van der Waals surface area contributed by atoms with Crippen LogP contribution in [0.3, 0.4) is 0 Å². The van der Waals surface area contributed by atoms with Crippen LogP contribution in [0.4, 0.5) is 4.39 Å². The van der Waals surface area contributed by atoms with Crippen molar-refractivity contribution in [1.29, 1.82) is 0 Å². The first-order valence-corrected chi connectivity index (χ1v) is 8.16. The molecule has 0 aromatic heterocycles. The summed E-state index contributed by atoms with van der Waals surface area (Å²) in [6.45, 7) is 6.00. The molecule has 1 aliphatic heterocycles. The molecule has 2 aliphatic rings. The Hall–Kier alpha value is -1.13. The first kappa shape index (κ1) is 14.8. The molecular formula is C17H25FN2O. The van der Waals surface area contributed by atoms with Gasteiger partial charge in [0, 0.05) is 38.8 Å². The molecule has 0 spiro atoms. The second kappa shape index (κ2) is 7.23. The molecule has 0 unspecified atom stereocenters. The molecule has 1 aromatic rings. The van der Waals surface area contributed by atoms with Gasteiger partial charge in [0.15, 0.2) is 11.6 Å². The van der Waals surface area contributed by atoms with Crippen LogP contribution in [0.1, 0.15) is 25.7 Å². The van der Waals surface area contributed by atoms with E-state index in [1.165, 1.54) is 44.8 Å². The van der Waals surface area contributed by atoms with Gasteiger partial charge in [-0.2, -0.15) is 0 Å². The van der Waals surface area contributed by atoms with Crippen molar-refractivity contribution in [2.24, 2.45) is 0 Å². The van der Waals surface area contributed by atoms with E-state index in [0.717, 1.165) is 25.7 Å². The van der Waals surface area contributed by atoms with Gasteiger partial charge >= 0.3 is 0 Å². The van der Waals surface area contributed by atoms with Gasteiger partial charge in [-0.15, -0.1) is 0 Å². The van der Waals surface area contributed by atoms with E-state index in [4.69, 9.17) is 4.74 Å². The predicted octanol–water partition coefficient (Wildman–Crippen LogP) is 2.76. The summed E-state index contributed by atoms with van der Waals surface area (Å²) in [5, 5.41) is 0. The first-order valence-electron chi connectivity index (χ1n) is 8.16. The molecule has 0 N–H and O–H groups in total. The molecule has 1 aliphatic carbocycles. The summed E-state index contributed by atoms with van der Waals surface area (Å²) in [7, 11) is 0. The smallest absolute Gasteiger partial charge is 0.165 e. The summed E-state index contributed by atoms with van der Waals surface area (Å²) in [6.07, 6.45) is 5.58. The quantitative estimate of drug-likeness (QED) is 0.830. The maximum absolute atomic E-state index is 13.4. The summed E-state index contributed by atoms with van der Waals surface area (Å²) < 4.78 is 19.0. The average Bonchev–Trinajstić information content (AvgIpc) is 3.04. The van der Waals surface area contributed by atoms with Crippen molar-refractivity contribution in [3.05, 3.63) is 30.1 Å². The normalized spacial score (nSPS) is 21.8. The van der Waals surface area contributed by atoms with Gasteiger partial charge in [0.05, 0.1) is 0 Å². The molecule has 3 rings (SSSR count). The lowest BCUT2D eigenvalue weighted by molar-refractivity contribution is 0.0877. The SMILES string of the molecule is Fc1ccccc1OCCN1CCN(C2CCCC2)CC1. The third-order valence-corrected chi connectivity index (χ3v) is 4.75. The third kappa shape index (κ3) is 3.95. The number of para-hydroxylation sites is 1. The topological polar surface area (TPSA) is 15.7 Å². The van der Waals surface area contributed by atoms with Gasteiger partial charge in [-0.1, -0.05) is 25.0 Å². The Labute approximate surface area is 126 Å². The predicted molar refractivity (Wildman–Crippen MR) is 82.2 cm³/mol. The molecule has 4 heteroatoms. The van der Waals surface area contributed by atoms with Crippen molar-refractivity contribution >= 4 is 0 Å². The lowest BCUT2D eigenvalue weighted by Gasteiger charge is -2.38. The van der Waals surface area contributed by atoms with Crippen molar-refractivity contribution in [3.8, 4) is 5.75 Å². The van der Waals surface area contributed by atoms with Gasteiger partial charge in [-0.3, -0.25) is 9.80 Å². The second-order valence-electron chi connectivity index (χ2n) is 6.09. The van der Waals surface area contributed by atoms with E-state index in [1.54, 1.807) is 18.2 Å². The van der Waals surface area contributed by atoms with Crippen LogP contribution in [0, 0.1) is 5.82 Å². The van der Waals surface area contributed by atoms with Crippen LogP contribution in [0.25, 0.3) is 0 Å². The standard InChI is InChI=1S/C17H25FN2O/c18-16-7-3-4-8-17(16)21-14-13-19-9-11-20(12-10-19)15-5-1-2-6-15/h3-4,7-8,15H,1-2,5-6,9-14H2. The largest absolute Gasteiger partial charge is 0.489 e. The molecule has 1 heterocycles. The Morgan fingerprint density at radius 3 is 2.48 bits per heavy atom. The molecule has 21 heavy (non-hydrogen) atoms. The summed E-state index contributed by atoms with van der Waals surface area (Å²) >= 11 is 0. The zero-order chi connectivity index (χ0) is 14.5. The maximum atomic E-state index is 13.4. The van der Waals surface area contributed by atoms with E-state index in [-0.39, 0.29) is 5.82 Å². The van der Waals surface area contributed by atoms with Gasteiger partial charge in [-0.25, -0.2) is 4.39 Å². The molecule has 0 bridgehead atoms. The Kier molecular flexibility index (Phi) is 5.09. The van der Waals surface area contributed by atoms with Gasteiger partial charge in [0.1, 0.15) is 6.61 Å². The summed E-state index contributed by atoms with van der Waals surface area (Å²) in [5.74, 6) is 0.0886. The minimum atomic E-state index is -0.274. The van der Waals surface area contributed by atoms with E-state index in [2.05, 4.69) is 9.80 Å². The number of halogens is 1. The molecule has 3 nitrogen and oxygen atoms in total. The number of piperazine rings is 1. The highest BCUT2D eigenvalue weighted by molar-refractivity contribution is 5.23. The number of hydrogen-bond donors (Lipinski definition) is 0. The number of ether oxygens (including phenoxy) is 1. The van der Waals surface area contributed by atoms with Crippen LogP contribution < -0.4 is 4.74 Å². The van der Waals surface area contributed by atoms with Crippen LogP contribution >= 0.6 is 0 Å². The highest BCUT2D eigenvalue weighted by Gasteiger charge is 2.25. The van der Waals surface area contributed by atoms with Crippen LogP contribution in [-0.2, 0) is 0 Å². The highest BCUT2D eigenvalue weighted by atomic mass is 19.1. The molecule has 116 valence electrons. The summed E-state index contributed by atoms with van der Waals surface area (Å²) in [5.41, 5.74) is 0. The minimum Gasteiger partial charge on any atom is -0.489 e. The third-order valence-electron chi connectivity index (χ3n) is 4.75. The average molecular weight is 292 g/mol. The van der Waals surface area contributed by atoms with Crippen molar-refractivity contribution in [2.45, 2.75) is 31.7 Å². The zero-order valence-electron chi connectivity index (χ0n) is 12.6. The van der Waals surface area contributed by atoms with E-state index < -0.39 is 0 Å². The summed E-state index contributed by atoms with van der Waals surface area (Å²) in [4.78, 5) is 5.08. The molecule has 1 saturated carbocycles. The Balaban J connectivity index is 1.37. The Morgan fingerprint density at radius 1 is 1.05 bits per heavy atom. The number of nitrogens with zero attached hydrogens (tertiary/aromatic N) is 2. The minimum absolute atomic E-state index is 0.274. The zero-order valence-corrected chi connectivity index (χ0v) is 12.6. The van der Waals surface area contributed by atoms with Gasteiger partial charge < -0.3 is 4.74 Å². The van der Waals surface area contributed by atoms with E-state index in [1.807, 2.05) is 0 Å². The fraction of sp³-hybridized carbons (Fsp3) is 0.647. The molecular weight excluding hydrogens is 267 g/mol. The number of rotatable bonds is 5. The van der Waals surface area contributed by atoms with Gasteiger partial charge in [0.2, 0.25) is 0 Å². The van der Waals surface area contributed by atoms with Crippen LogP contribution in [0.5, 0.6) is 5.75 Å². The van der Waals surface area contributed by atoms with Crippen LogP contribution in [0.15, 0.2) is 24.3 Å². The van der Waals surface area contributed by atoms with Crippen molar-refractivity contribution in [3.63, 3.8) is 0 Å². The fourth-order valence-corrected chi connectivity index (χ4v) is 3.47. The number of hydrogen-bond acceptors (Lipinski definition) is 3. The van der Waals surface area contributed by atoms with Crippen LogP contribution in [0.2, 0.25) is 0 Å². The van der Waals surface area contributed by atoms with Gasteiger partial charge in [-0.05, 0) is 25.0 Å². The van der Waals surface area contributed by atoms with E-state index in [0.29, 0.717) is 12.4 Å². The Morgan fingerprint density at radius 2 is 1.76 bits per heavy atom. The first-order chi connectivity index (χ1) is 10.3. The van der Waals surface area contributed by atoms with Crippen molar-refractivity contribution in [1.82, 2.24) is 9.80 Å². The molecule has 0 radical (unpaired) electrons. The van der Waals surface area contributed by atoms with E-state index >= 15 is 0 Å². The molecule has 1 saturated heterocycles. The maximum Gasteiger partial charge on any atom is 0.165 e. The molecule has 0 amide bonds. The van der Waals surface area contributed by atoms with Crippen LogP contribution in [-0.4, -0.2) is 55.2 Å². The van der Waals surface area contributed by atoms with Crippen molar-refractivity contribution < 1.29 is 9.13 Å².